The summed E-state index contributed by atoms with van der Waals surface area (Å²) in [5.41, 5.74) is 4.92. The van der Waals surface area contributed by atoms with Crippen molar-refractivity contribution in [3.8, 4) is 11.3 Å². The lowest BCUT2D eigenvalue weighted by molar-refractivity contribution is 0.0702. The summed E-state index contributed by atoms with van der Waals surface area (Å²) in [7, 11) is 0. The molecule has 0 aliphatic heterocycles. The van der Waals surface area contributed by atoms with Crippen molar-refractivity contribution in [3.05, 3.63) is 46.1 Å². The maximum absolute atomic E-state index is 11.5. The second kappa shape index (κ2) is 4.45. The van der Waals surface area contributed by atoms with Crippen molar-refractivity contribution in [2.75, 3.05) is 0 Å². The van der Waals surface area contributed by atoms with E-state index in [0.29, 0.717) is 9.84 Å². The molecule has 1 N–H and O–H groups in total. The van der Waals surface area contributed by atoms with Crippen LogP contribution in [0.15, 0.2) is 24.4 Å². The van der Waals surface area contributed by atoms with Gasteiger partial charge in [0, 0.05) is 17.5 Å². The summed E-state index contributed by atoms with van der Waals surface area (Å²) in [6, 6.07) is 6.02. The van der Waals surface area contributed by atoms with Gasteiger partial charge in [0.15, 0.2) is 4.96 Å². The van der Waals surface area contributed by atoms with Crippen LogP contribution in [0.2, 0.25) is 0 Å². The zero-order valence-electron chi connectivity index (χ0n) is 11.5. The molecule has 0 bridgehead atoms. The number of rotatable bonds is 2. The van der Waals surface area contributed by atoms with Crippen molar-refractivity contribution in [2.45, 2.75) is 20.8 Å². The van der Waals surface area contributed by atoms with Crippen LogP contribution in [0.4, 0.5) is 0 Å². The molecule has 20 heavy (non-hydrogen) atoms. The SMILES string of the molecule is Cc1ccc(-c2c(C(=O)O)sc3ncc(C)n23)cc1C. The van der Waals surface area contributed by atoms with Crippen LogP contribution in [0.25, 0.3) is 16.2 Å². The number of fused-ring (bicyclic) bond motifs is 1. The highest BCUT2D eigenvalue weighted by molar-refractivity contribution is 7.19. The van der Waals surface area contributed by atoms with Crippen LogP contribution in [-0.4, -0.2) is 20.5 Å². The first-order valence-corrected chi connectivity index (χ1v) is 7.08. The standard InChI is InChI=1S/C15H14N2O2S/c1-8-4-5-11(6-9(8)2)12-13(14(18)19)20-15-16-7-10(3)17(12)15/h4-7H,1-3H3,(H,18,19). The Morgan fingerprint density at radius 2 is 2.00 bits per heavy atom. The van der Waals surface area contributed by atoms with E-state index in [9.17, 15) is 9.90 Å². The van der Waals surface area contributed by atoms with Gasteiger partial charge in [0.2, 0.25) is 0 Å². The van der Waals surface area contributed by atoms with E-state index in [-0.39, 0.29) is 0 Å². The van der Waals surface area contributed by atoms with Crippen molar-refractivity contribution < 1.29 is 9.90 Å². The highest BCUT2D eigenvalue weighted by Crippen LogP contribution is 2.33. The normalized spacial score (nSPS) is 11.2. The number of nitrogens with zero attached hydrogens (tertiary/aromatic N) is 2. The van der Waals surface area contributed by atoms with Crippen LogP contribution in [0, 0.1) is 20.8 Å². The highest BCUT2D eigenvalue weighted by atomic mass is 32.1. The third-order valence-corrected chi connectivity index (χ3v) is 4.56. The molecule has 102 valence electrons. The van der Waals surface area contributed by atoms with Gasteiger partial charge in [-0.05, 0) is 38.0 Å². The number of aromatic nitrogens is 2. The minimum atomic E-state index is -0.909. The summed E-state index contributed by atoms with van der Waals surface area (Å²) >= 11 is 1.21. The van der Waals surface area contributed by atoms with Gasteiger partial charge in [0.1, 0.15) is 4.88 Å². The lowest BCUT2D eigenvalue weighted by atomic mass is 10.0. The quantitative estimate of drug-likeness (QED) is 0.781. The van der Waals surface area contributed by atoms with Gasteiger partial charge >= 0.3 is 5.97 Å². The van der Waals surface area contributed by atoms with Crippen molar-refractivity contribution >= 4 is 22.3 Å². The molecule has 0 aliphatic carbocycles. The molecule has 3 aromatic rings. The molecule has 0 radical (unpaired) electrons. The van der Waals surface area contributed by atoms with Crippen molar-refractivity contribution in [3.63, 3.8) is 0 Å². The number of carboxylic acids is 1. The first-order chi connectivity index (χ1) is 9.49. The zero-order valence-corrected chi connectivity index (χ0v) is 12.3. The molecule has 0 saturated heterocycles. The fourth-order valence-corrected chi connectivity index (χ4v) is 3.30. The fraction of sp³-hybridized carbons (Fsp3) is 0.200. The van der Waals surface area contributed by atoms with Crippen LogP contribution in [0.1, 0.15) is 26.5 Å². The first-order valence-electron chi connectivity index (χ1n) is 6.27. The Morgan fingerprint density at radius 1 is 1.25 bits per heavy atom. The minimum absolute atomic E-state index is 0.333. The second-order valence-electron chi connectivity index (χ2n) is 4.90. The van der Waals surface area contributed by atoms with Gasteiger partial charge < -0.3 is 5.11 Å². The molecule has 0 spiro atoms. The van der Waals surface area contributed by atoms with E-state index in [1.165, 1.54) is 16.9 Å². The number of carboxylic acid groups (broad SMARTS) is 1. The topological polar surface area (TPSA) is 54.6 Å². The minimum Gasteiger partial charge on any atom is -0.477 e. The van der Waals surface area contributed by atoms with E-state index in [1.807, 2.05) is 43.4 Å². The Bertz CT molecular complexity index is 830. The monoisotopic (exact) mass is 286 g/mol. The van der Waals surface area contributed by atoms with Gasteiger partial charge in [0.25, 0.3) is 0 Å². The molecule has 2 heterocycles. The number of benzene rings is 1. The Hall–Kier alpha value is -2.14. The van der Waals surface area contributed by atoms with E-state index in [4.69, 9.17) is 0 Å². The van der Waals surface area contributed by atoms with E-state index in [1.54, 1.807) is 6.20 Å². The average Bonchev–Trinajstić information content (AvgIpc) is 2.93. The van der Waals surface area contributed by atoms with Crippen LogP contribution in [0.5, 0.6) is 0 Å². The van der Waals surface area contributed by atoms with E-state index < -0.39 is 5.97 Å². The number of carbonyl (C=O) groups is 1. The molecule has 4 nitrogen and oxygen atoms in total. The number of aromatic carboxylic acids is 1. The summed E-state index contributed by atoms with van der Waals surface area (Å²) < 4.78 is 1.91. The Balaban J connectivity index is 2.37. The molecule has 3 rings (SSSR count). The molecule has 0 aliphatic rings. The Labute approximate surface area is 120 Å². The predicted octanol–water partition coefficient (Wildman–Crippen LogP) is 3.69. The van der Waals surface area contributed by atoms with E-state index in [2.05, 4.69) is 4.98 Å². The maximum atomic E-state index is 11.5. The maximum Gasteiger partial charge on any atom is 0.348 e. The van der Waals surface area contributed by atoms with E-state index >= 15 is 0 Å². The number of aryl methyl sites for hydroxylation is 3. The third-order valence-electron chi connectivity index (χ3n) is 3.51. The summed E-state index contributed by atoms with van der Waals surface area (Å²) in [5.74, 6) is -0.909. The molecule has 0 fully saturated rings. The average molecular weight is 286 g/mol. The zero-order chi connectivity index (χ0) is 14.4. The Morgan fingerprint density at radius 3 is 2.65 bits per heavy atom. The molecule has 0 saturated carbocycles. The summed E-state index contributed by atoms with van der Waals surface area (Å²) in [4.78, 5) is 16.8. The van der Waals surface area contributed by atoms with Crippen LogP contribution in [-0.2, 0) is 0 Å². The lowest BCUT2D eigenvalue weighted by Crippen LogP contribution is -1.99. The van der Waals surface area contributed by atoms with E-state index in [0.717, 1.165) is 22.5 Å². The molecular weight excluding hydrogens is 272 g/mol. The molecule has 2 aromatic heterocycles. The summed E-state index contributed by atoms with van der Waals surface area (Å²) in [6.45, 7) is 6.01. The lowest BCUT2D eigenvalue weighted by Gasteiger charge is -2.07. The van der Waals surface area contributed by atoms with Crippen LogP contribution in [0.3, 0.4) is 0 Å². The second-order valence-corrected chi connectivity index (χ2v) is 5.88. The molecule has 1 aromatic carbocycles. The van der Waals surface area contributed by atoms with Gasteiger partial charge in [0.05, 0.1) is 5.69 Å². The van der Waals surface area contributed by atoms with Gasteiger partial charge in [-0.2, -0.15) is 0 Å². The van der Waals surface area contributed by atoms with Gasteiger partial charge in [-0.1, -0.05) is 23.5 Å². The highest BCUT2D eigenvalue weighted by Gasteiger charge is 2.21. The molecule has 0 unspecified atom stereocenters. The number of hydrogen-bond acceptors (Lipinski definition) is 3. The Kier molecular flexibility index (Phi) is 2.87. The summed E-state index contributed by atoms with van der Waals surface area (Å²) in [6.07, 6.45) is 1.77. The van der Waals surface area contributed by atoms with Crippen molar-refractivity contribution in [1.82, 2.24) is 9.38 Å². The van der Waals surface area contributed by atoms with Gasteiger partial charge in [-0.25, -0.2) is 9.78 Å². The first kappa shape index (κ1) is 12.9. The molecular formula is C15H14N2O2S. The summed E-state index contributed by atoms with van der Waals surface area (Å²) in [5, 5.41) is 9.43. The van der Waals surface area contributed by atoms with Crippen molar-refractivity contribution in [2.24, 2.45) is 0 Å². The fourth-order valence-electron chi connectivity index (χ4n) is 2.29. The third kappa shape index (κ3) is 1.82. The van der Waals surface area contributed by atoms with Crippen molar-refractivity contribution in [1.29, 1.82) is 0 Å². The number of hydrogen-bond donors (Lipinski definition) is 1. The van der Waals surface area contributed by atoms with Gasteiger partial charge in [-0.3, -0.25) is 4.40 Å². The molecule has 0 amide bonds. The predicted molar refractivity (Wildman–Crippen MR) is 79.7 cm³/mol. The van der Waals surface area contributed by atoms with Crippen LogP contribution >= 0.6 is 11.3 Å². The number of thiazole rings is 1. The number of imidazole rings is 1. The smallest absolute Gasteiger partial charge is 0.348 e. The molecule has 5 heteroatoms. The largest absolute Gasteiger partial charge is 0.477 e. The molecule has 0 atom stereocenters. The van der Waals surface area contributed by atoms with Crippen LogP contribution < -0.4 is 0 Å². The van der Waals surface area contributed by atoms with Gasteiger partial charge in [-0.15, -0.1) is 0 Å².